The topological polar surface area (TPSA) is 38.4 Å². The zero-order valence-corrected chi connectivity index (χ0v) is 10.5. The minimum Gasteiger partial charge on any atom is -0.387 e. The smallest absolute Gasteiger partial charge is 0.0993 e. The van der Waals surface area contributed by atoms with E-state index < -0.39 is 0 Å². The van der Waals surface area contributed by atoms with E-state index in [4.69, 9.17) is 5.73 Å². The molecule has 0 spiro atoms. The first-order valence-electron chi connectivity index (χ1n) is 6.32. The molecular weight excluding hydrogens is 220 g/mol. The largest absolute Gasteiger partial charge is 0.387 e. The normalized spacial score (nSPS) is 13.3. The number of hydrogen-bond donors (Lipinski definition) is 1. The first kappa shape index (κ1) is 11.0. The van der Waals surface area contributed by atoms with Gasteiger partial charge in [0.2, 0.25) is 0 Å². The van der Waals surface area contributed by atoms with Crippen molar-refractivity contribution in [1.82, 2.24) is 0 Å². The van der Waals surface area contributed by atoms with E-state index in [1.807, 2.05) is 13.0 Å². The van der Waals surface area contributed by atoms with Gasteiger partial charge in [-0.15, -0.1) is 0 Å². The lowest BCUT2D eigenvalue weighted by molar-refractivity contribution is 1.22. The van der Waals surface area contributed by atoms with E-state index in [0.29, 0.717) is 5.84 Å². The number of aliphatic imine (C=N–C) groups is 1. The summed E-state index contributed by atoms with van der Waals surface area (Å²) in [5.74, 6) is 0.686. The summed E-state index contributed by atoms with van der Waals surface area (Å²) >= 11 is 0. The van der Waals surface area contributed by atoms with Crippen LogP contribution in [0.2, 0.25) is 0 Å². The molecule has 1 aliphatic rings. The number of fused-ring (bicyclic) bond motifs is 3. The molecule has 0 saturated heterocycles. The molecule has 0 fully saturated rings. The summed E-state index contributed by atoms with van der Waals surface area (Å²) in [4.78, 5) is 4.41. The van der Waals surface area contributed by atoms with Crippen molar-refractivity contribution in [3.05, 3.63) is 53.6 Å². The third-order valence-corrected chi connectivity index (χ3v) is 3.41. The summed E-state index contributed by atoms with van der Waals surface area (Å²) < 4.78 is 0. The fraction of sp³-hybridized carbons (Fsp3) is 0.188. The Bertz CT molecular complexity index is 627. The van der Waals surface area contributed by atoms with Crippen molar-refractivity contribution in [3.63, 3.8) is 0 Å². The fourth-order valence-electron chi connectivity index (χ4n) is 2.45. The van der Waals surface area contributed by atoms with E-state index >= 15 is 0 Å². The summed E-state index contributed by atoms with van der Waals surface area (Å²) in [5, 5.41) is 0. The number of amidine groups is 1. The van der Waals surface area contributed by atoms with E-state index in [2.05, 4.69) is 41.4 Å². The van der Waals surface area contributed by atoms with Gasteiger partial charge in [-0.25, -0.2) is 4.99 Å². The lowest BCUT2D eigenvalue weighted by Gasteiger charge is -2.02. The monoisotopic (exact) mass is 236 g/mol. The Morgan fingerprint density at radius 3 is 2.72 bits per heavy atom. The Labute approximate surface area is 107 Å². The van der Waals surface area contributed by atoms with Gasteiger partial charge in [-0.1, -0.05) is 37.3 Å². The maximum Gasteiger partial charge on any atom is 0.0993 e. The predicted molar refractivity (Wildman–Crippen MR) is 76.3 cm³/mol. The lowest BCUT2D eigenvalue weighted by Crippen LogP contribution is -2.08. The second-order valence-corrected chi connectivity index (χ2v) is 4.63. The van der Waals surface area contributed by atoms with Crippen LogP contribution in [0.5, 0.6) is 0 Å². The Hall–Kier alpha value is -2.09. The summed E-state index contributed by atoms with van der Waals surface area (Å²) in [7, 11) is 0. The fourth-order valence-corrected chi connectivity index (χ4v) is 2.45. The molecule has 0 aliphatic heterocycles. The van der Waals surface area contributed by atoms with Gasteiger partial charge in [-0.2, -0.15) is 0 Å². The SMILES string of the molecule is CCC(N)=Nc1ccc2c(c1)Cc1ccccc1-2. The quantitative estimate of drug-likeness (QED) is 0.535. The highest BCUT2D eigenvalue weighted by Gasteiger charge is 2.17. The molecule has 3 rings (SSSR count). The van der Waals surface area contributed by atoms with Crippen LogP contribution in [0, 0.1) is 0 Å². The van der Waals surface area contributed by atoms with Crippen LogP contribution in [0.1, 0.15) is 24.5 Å². The van der Waals surface area contributed by atoms with E-state index in [1.165, 1.54) is 22.3 Å². The maximum absolute atomic E-state index is 5.78. The maximum atomic E-state index is 5.78. The molecule has 2 N–H and O–H groups in total. The minimum atomic E-state index is 0.686. The van der Waals surface area contributed by atoms with Gasteiger partial charge in [0.15, 0.2) is 0 Å². The number of nitrogens with zero attached hydrogens (tertiary/aromatic N) is 1. The van der Waals surface area contributed by atoms with E-state index in [-0.39, 0.29) is 0 Å². The Morgan fingerprint density at radius 2 is 1.89 bits per heavy atom. The highest BCUT2D eigenvalue weighted by Crippen LogP contribution is 2.37. The van der Waals surface area contributed by atoms with Crippen LogP contribution in [0.25, 0.3) is 11.1 Å². The molecule has 2 aromatic rings. The van der Waals surface area contributed by atoms with Gasteiger partial charge in [0.05, 0.1) is 11.5 Å². The van der Waals surface area contributed by atoms with Crippen LogP contribution in [0.4, 0.5) is 5.69 Å². The van der Waals surface area contributed by atoms with Gasteiger partial charge in [0.25, 0.3) is 0 Å². The van der Waals surface area contributed by atoms with Crippen molar-refractivity contribution < 1.29 is 0 Å². The zero-order chi connectivity index (χ0) is 12.5. The average Bonchev–Trinajstić information content (AvgIpc) is 2.76. The molecule has 90 valence electrons. The third kappa shape index (κ3) is 1.80. The molecule has 2 aromatic carbocycles. The standard InChI is InChI=1S/C16H16N2/c1-2-16(17)18-13-7-8-15-12(10-13)9-11-5-3-4-6-14(11)15/h3-8,10H,2,9H2,1H3,(H2,17,18). The zero-order valence-electron chi connectivity index (χ0n) is 10.5. The number of hydrogen-bond acceptors (Lipinski definition) is 1. The van der Waals surface area contributed by atoms with Crippen LogP contribution < -0.4 is 5.73 Å². The van der Waals surface area contributed by atoms with Crippen molar-refractivity contribution in [1.29, 1.82) is 0 Å². The van der Waals surface area contributed by atoms with Crippen molar-refractivity contribution in [3.8, 4) is 11.1 Å². The van der Waals surface area contributed by atoms with Crippen LogP contribution in [0.15, 0.2) is 47.5 Å². The summed E-state index contributed by atoms with van der Waals surface area (Å²) in [6, 6.07) is 14.9. The molecule has 2 nitrogen and oxygen atoms in total. The minimum absolute atomic E-state index is 0.686. The molecule has 1 aliphatic carbocycles. The first-order chi connectivity index (χ1) is 8.78. The van der Waals surface area contributed by atoms with Gasteiger partial charge in [0, 0.05) is 6.42 Å². The average molecular weight is 236 g/mol. The van der Waals surface area contributed by atoms with Gasteiger partial charge in [0.1, 0.15) is 0 Å². The molecule has 0 saturated carbocycles. The van der Waals surface area contributed by atoms with Crippen LogP contribution >= 0.6 is 0 Å². The Balaban J connectivity index is 2.03. The molecular formula is C16H16N2. The van der Waals surface area contributed by atoms with Gasteiger partial charge < -0.3 is 5.73 Å². The van der Waals surface area contributed by atoms with Crippen molar-refractivity contribution in [2.45, 2.75) is 19.8 Å². The highest BCUT2D eigenvalue weighted by atomic mass is 14.8. The summed E-state index contributed by atoms with van der Waals surface area (Å²) in [5.41, 5.74) is 12.2. The second kappa shape index (κ2) is 4.30. The number of nitrogens with two attached hydrogens (primary N) is 1. The molecule has 0 atom stereocenters. The summed E-state index contributed by atoms with van der Waals surface area (Å²) in [6.07, 6.45) is 1.79. The first-order valence-corrected chi connectivity index (χ1v) is 6.32. The Morgan fingerprint density at radius 1 is 1.11 bits per heavy atom. The van der Waals surface area contributed by atoms with Crippen molar-refractivity contribution >= 4 is 11.5 Å². The molecule has 0 radical (unpaired) electrons. The highest BCUT2D eigenvalue weighted by molar-refractivity contribution is 5.84. The van der Waals surface area contributed by atoms with E-state index in [9.17, 15) is 0 Å². The molecule has 2 heteroatoms. The van der Waals surface area contributed by atoms with Gasteiger partial charge >= 0.3 is 0 Å². The number of rotatable bonds is 2. The Kier molecular flexibility index (Phi) is 2.63. The molecule has 0 unspecified atom stereocenters. The molecule has 0 aromatic heterocycles. The van der Waals surface area contributed by atoms with Crippen LogP contribution in [0.3, 0.4) is 0 Å². The van der Waals surface area contributed by atoms with E-state index in [1.54, 1.807) is 0 Å². The molecule has 0 bridgehead atoms. The summed E-state index contributed by atoms with van der Waals surface area (Å²) in [6.45, 7) is 2.02. The van der Waals surface area contributed by atoms with E-state index in [0.717, 1.165) is 18.5 Å². The van der Waals surface area contributed by atoms with Crippen LogP contribution in [-0.4, -0.2) is 5.84 Å². The second-order valence-electron chi connectivity index (χ2n) is 4.63. The van der Waals surface area contributed by atoms with Crippen LogP contribution in [-0.2, 0) is 6.42 Å². The van der Waals surface area contributed by atoms with Crippen molar-refractivity contribution in [2.24, 2.45) is 10.7 Å². The lowest BCUT2D eigenvalue weighted by atomic mass is 10.1. The number of benzene rings is 2. The van der Waals surface area contributed by atoms with Gasteiger partial charge in [-0.3, -0.25) is 0 Å². The molecule has 0 amide bonds. The predicted octanol–water partition coefficient (Wildman–Crippen LogP) is 3.66. The van der Waals surface area contributed by atoms with Crippen molar-refractivity contribution in [2.75, 3.05) is 0 Å². The third-order valence-electron chi connectivity index (χ3n) is 3.41. The molecule has 18 heavy (non-hydrogen) atoms. The molecule has 0 heterocycles. The van der Waals surface area contributed by atoms with Gasteiger partial charge in [-0.05, 0) is 40.8 Å².